The average molecular weight is 392 g/mol. The fraction of sp³-hybridized carbons (Fsp3) is 0.500. The third-order valence-corrected chi connectivity index (χ3v) is 2.57. The molecule has 0 heterocycles. The number of nitrogens with one attached hydrogen (secondary N) is 1. The minimum absolute atomic E-state index is 0. The van der Waals surface area contributed by atoms with E-state index in [0.717, 1.165) is 12.1 Å². The second-order valence-corrected chi connectivity index (χ2v) is 4.68. The predicted molar refractivity (Wildman–Crippen MR) is 94.5 cm³/mol. The summed E-state index contributed by atoms with van der Waals surface area (Å²) in [7, 11) is 5.78. The lowest BCUT2D eigenvalue weighted by Gasteiger charge is -2.09. The number of benzene rings is 1. The number of guanidine groups is 1. The Balaban J connectivity index is 0.00000361. The van der Waals surface area contributed by atoms with Gasteiger partial charge in [0.1, 0.15) is 0 Å². The number of hydrogen-bond acceptors (Lipinski definition) is 3. The molecular formula is C14H25IN4O. The van der Waals surface area contributed by atoms with Gasteiger partial charge in [-0.25, -0.2) is 4.99 Å². The summed E-state index contributed by atoms with van der Waals surface area (Å²) in [5.41, 5.74) is 8.18. The van der Waals surface area contributed by atoms with Gasteiger partial charge in [0, 0.05) is 20.2 Å². The summed E-state index contributed by atoms with van der Waals surface area (Å²) in [6.07, 6.45) is 0. The summed E-state index contributed by atoms with van der Waals surface area (Å²) >= 11 is 0. The summed E-state index contributed by atoms with van der Waals surface area (Å²) < 4.78 is 4.92. The second-order valence-electron chi connectivity index (χ2n) is 4.68. The van der Waals surface area contributed by atoms with Gasteiger partial charge in [0.2, 0.25) is 0 Å². The van der Waals surface area contributed by atoms with Crippen LogP contribution in [0.25, 0.3) is 0 Å². The first-order valence-electron chi connectivity index (χ1n) is 6.37. The van der Waals surface area contributed by atoms with E-state index < -0.39 is 0 Å². The van der Waals surface area contributed by atoms with Gasteiger partial charge in [-0.2, -0.15) is 0 Å². The van der Waals surface area contributed by atoms with Gasteiger partial charge in [0.25, 0.3) is 0 Å². The van der Waals surface area contributed by atoms with Gasteiger partial charge in [-0.15, -0.1) is 24.0 Å². The summed E-state index contributed by atoms with van der Waals surface area (Å²) in [6.45, 7) is 2.83. The van der Waals surface area contributed by atoms with Crippen molar-refractivity contribution in [2.45, 2.75) is 13.1 Å². The third-order valence-electron chi connectivity index (χ3n) is 2.57. The van der Waals surface area contributed by atoms with Gasteiger partial charge in [0.05, 0.1) is 13.2 Å². The molecule has 114 valence electrons. The molecule has 0 aliphatic rings. The lowest BCUT2D eigenvalue weighted by Crippen LogP contribution is -2.34. The van der Waals surface area contributed by atoms with E-state index in [1.54, 1.807) is 7.11 Å². The minimum atomic E-state index is 0. The zero-order chi connectivity index (χ0) is 14.1. The van der Waals surface area contributed by atoms with E-state index >= 15 is 0 Å². The highest BCUT2D eigenvalue weighted by atomic mass is 127. The molecule has 3 N–H and O–H groups in total. The maximum Gasteiger partial charge on any atom is 0.188 e. The first-order chi connectivity index (χ1) is 9.11. The molecule has 5 nitrogen and oxygen atoms in total. The van der Waals surface area contributed by atoms with E-state index in [-0.39, 0.29) is 24.0 Å². The van der Waals surface area contributed by atoms with Crippen LogP contribution in [0.3, 0.4) is 0 Å². The largest absolute Gasteiger partial charge is 0.383 e. The van der Waals surface area contributed by atoms with E-state index in [9.17, 15) is 0 Å². The first-order valence-corrected chi connectivity index (χ1v) is 6.37. The van der Waals surface area contributed by atoms with E-state index in [1.165, 1.54) is 5.56 Å². The van der Waals surface area contributed by atoms with Gasteiger partial charge in [-0.05, 0) is 25.2 Å². The quantitative estimate of drug-likeness (QED) is 0.319. The fourth-order valence-corrected chi connectivity index (χ4v) is 1.63. The van der Waals surface area contributed by atoms with Gasteiger partial charge in [-0.3, -0.25) is 0 Å². The van der Waals surface area contributed by atoms with Gasteiger partial charge >= 0.3 is 0 Å². The average Bonchev–Trinajstić information content (AvgIpc) is 2.37. The predicted octanol–water partition coefficient (Wildman–Crippen LogP) is 1.42. The molecule has 1 rings (SSSR count). The van der Waals surface area contributed by atoms with Crippen molar-refractivity contribution in [2.75, 3.05) is 34.4 Å². The number of hydrogen-bond donors (Lipinski definition) is 2. The molecule has 0 spiro atoms. The molecule has 0 fully saturated rings. The van der Waals surface area contributed by atoms with Crippen LogP contribution in [-0.2, 0) is 17.8 Å². The highest BCUT2D eigenvalue weighted by Gasteiger charge is 1.97. The maximum atomic E-state index is 5.73. The Morgan fingerprint density at radius 1 is 1.25 bits per heavy atom. The molecular weight excluding hydrogens is 367 g/mol. The number of nitrogens with two attached hydrogens (primary N) is 1. The molecule has 0 aliphatic heterocycles. The van der Waals surface area contributed by atoms with Crippen molar-refractivity contribution in [3.05, 3.63) is 35.4 Å². The second kappa shape index (κ2) is 10.9. The number of ether oxygens (including phenoxy) is 1. The zero-order valence-electron chi connectivity index (χ0n) is 12.4. The topological polar surface area (TPSA) is 62.9 Å². The van der Waals surface area contributed by atoms with Crippen LogP contribution in [0.2, 0.25) is 0 Å². The molecule has 0 aliphatic carbocycles. The molecule has 0 saturated carbocycles. The van der Waals surface area contributed by atoms with E-state index in [4.69, 9.17) is 10.5 Å². The van der Waals surface area contributed by atoms with Crippen LogP contribution in [0, 0.1) is 0 Å². The van der Waals surface area contributed by atoms with Crippen molar-refractivity contribution in [2.24, 2.45) is 10.7 Å². The van der Waals surface area contributed by atoms with Gasteiger partial charge in [-0.1, -0.05) is 24.3 Å². The molecule has 1 aromatic rings. The van der Waals surface area contributed by atoms with Crippen LogP contribution < -0.4 is 11.1 Å². The molecule has 0 amide bonds. The molecule has 0 atom stereocenters. The Morgan fingerprint density at radius 3 is 2.40 bits per heavy atom. The molecule has 6 heteroatoms. The molecule has 20 heavy (non-hydrogen) atoms. The van der Waals surface area contributed by atoms with E-state index in [0.29, 0.717) is 25.7 Å². The molecule has 0 aromatic heterocycles. The van der Waals surface area contributed by atoms with Crippen LogP contribution >= 0.6 is 24.0 Å². The highest BCUT2D eigenvalue weighted by Crippen LogP contribution is 2.07. The van der Waals surface area contributed by atoms with Crippen molar-refractivity contribution in [1.29, 1.82) is 0 Å². The third kappa shape index (κ3) is 8.34. The monoisotopic (exact) mass is 392 g/mol. The van der Waals surface area contributed by atoms with Crippen LogP contribution in [0.1, 0.15) is 11.1 Å². The number of halogens is 1. The summed E-state index contributed by atoms with van der Waals surface area (Å²) in [4.78, 5) is 6.42. The van der Waals surface area contributed by atoms with E-state index in [2.05, 4.69) is 53.6 Å². The number of aliphatic imine (C=N–C) groups is 1. The molecule has 1 aromatic carbocycles. The summed E-state index contributed by atoms with van der Waals surface area (Å²) in [5.74, 6) is 0.453. The van der Waals surface area contributed by atoms with Crippen LogP contribution in [0.4, 0.5) is 0 Å². The summed E-state index contributed by atoms with van der Waals surface area (Å²) in [6, 6.07) is 8.42. The highest BCUT2D eigenvalue weighted by molar-refractivity contribution is 14.0. The Hall–Kier alpha value is -0.860. The molecule has 0 radical (unpaired) electrons. The van der Waals surface area contributed by atoms with Crippen molar-refractivity contribution in [3.8, 4) is 0 Å². The van der Waals surface area contributed by atoms with Crippen molar-refractivity contribution in [3.63, 3.8) is 0 Å². The van der Waals surface area contributed by atoms with Crippen molar-refractivity contribution >= 4 is 29.9 Å². The van der Waals surface area contributed by atoms with Gasteiger partial charge in [0.15, 0.2) is 5.96 Å². The molecule has 0 saturated heterocycles. The minimum Gasteiger partial charge on any atom is -0.383 e. The standard InChI is InChI=1S/C14H24N4O.HI/c1-18(2)11-13-6-4-12(5-7-13)10-17-14(15)16-8-9-19-3;/h4-7H,8-11H2,1-3H3,(H3,15,16,17);1H. The Bertz CT molecular complexity index is 393. The fourth-order valence-electron chi connectivity index (χ4n) is 1.63. The van der Waals surface area contributed by atoms with Crippen molar-refractivity contribution in [1.82, 2.24) is 10.2 Å². The zero-order valence-corrected chi connectivity index (χ0v) is 14.8. The lowest BCUT2D eigenvalue weighted by atomic mass is 10.1. The number of rotatable bonds is 7. The SMILES string of the molecule is COCCNC(N)=NCc1ccc(CN(C)C)cc1.I. The lowest BCUT2D eigenvalue weighted by molar-refractivity contribution is 0.204. The number of methoxy groups -OCH3 is 1. The van der Waals surface area contributed by atoms with Crippen LogP contribution in [0.15, 0.2) is 29.3 Å². The smallest absolute Gasteiger partial charge is 0.188 e. The first kappa shape index (κ1) is 19.1. The Morgan fingerprint density at radius 2 is 1.85 bits per heavy atom. The van der Waals surface area contributed by atoms with Crippen molar-refractivity contribution < 1.29 is 4.74 Å². The Labute approximate surface area is 138 Å². The maximum absolute atomic E-state index is 5.73. The summed E-state index contributed by atoms with van der Waals surface area (Å²) in [5, 5.41) is 2.99. The molecule has 0 bridgehead atoms. The number of nitrogens with zero attached hydrogens (tertiary/aromatic N) is 2. The Kier molecular flexibility index (Phi) is 10.4. The van der Waals surface area contributed by atoms with Crippen LogP contribution in [-0.4, -0.2) is 45.2 Å². The normalized spacial score (nSPS) is 11.3. The van der Waals surface area contributed by atoms with Crippen LogP contribution in [0.5, 0.6) is 0 Å². The van der Waals surface area contributed by atoms with E-state index in [1.807, 2.05) is 0 Å². The molecule has 0 unspecified atom stereocenters. The van der Waals surface area contributed by atoms with Gasteiger partial charge < -0.3 is 20.7 Å².